The molecular weight excluding hydrogens is 243 g/mol. The highest BCUT2D eigenvalue weighted by Gasteiger charge is 2.13. The van der Waals surface area contributed by atoms with Gasteiger partial charge in [-0.3, -0.25) is 4.98 Å². The van der Waals surface area contributed by atoms with E-state index in [1.54, 1.807) is 6.07 Å². The Balaban J connectivity index is 2.24. The lowest BCUT2D eigenvalue weighted by Crippen LogP contribution is -2.14. The van der Waals surface area contributed by atoms with Gasteiger partial charge in [0.15, 0.2) is 0 Å². The molecule has 0 radical (unpaired) electrons. The smallest absolute Gasteiger partial charge is 0.146 e. The van der Waals surface area contributed by atoms with Crippen LogP contribution >= 0.6 is 0 Å². The summed E-state index contributed by atoms with van der Waals surface area (Å²) in [5.74, 6) is 0.360. The first-order valence-corrected chi connectivity index (χ1v) is 6.30. The molecule has 0 saturated heterocycles. The molecule has 0 aliphatic heterocycles. The summed E-state index contributed by atoms with van der Waals surface area (Å²) in [6.45, 7) is 2.70. The Morgan fingerprint density at radius 3 is 2.95 bits per heavy atom. The summed E-state index contributed by atoms with van der Waals surface area (Å²) in [4.78, 5) is 3.72. The number of hydrogen-bond acceptors (Lipinski definition) is 3. The molecule has 0 spiro atoms. The molecule has 100 valence electrons. The monoisotopic (exact) mass is 260 g/mol. The van der Waals surface area contributed by atoms with Gasteiger partial charge in [-0.15, -0.1) is 0 Å². The van der Waals surface area contributed by atoms with Gasteiger partial charge in [0.2, 0.25) is 0 Å². The fourth-order valence-electron chi connectivity index (χ4n) is 1.84. The van der Waals surface area contributed by atoms with E-state index in [1.807, 2.05) is 31.2 Å². The number of halogens is 1. The number of ether oxygens (including phenoxy) is 1. The normalized spacial score (nSPS) is 12.2. The van der Waals surface area contributed by atoms with Crippen LogP contribution in [0.15, 0.2) is 42.7 Å². The van der Waals surface area contributed by atoms with E-state index in [9.17, 15) is 4.39 Å². The van der Waals surface area contributed by atoms with Crippen molar-refractivity contribution in [3.05, 3.63) is 59.7 Å². The fraction of sp³-hybridized carbons (Fsp3) is 0.267. The van der Waals surface area contributed by atoms with Crippen LogP contribution in [0.3, 0.4) is 0 Å². The molecule has 0 aliphatic carbocycles. The molecule has 2 rings (SSSR count). The van der Waals surface area contributed by atoms with Crippen molar-refractivity contribution in [1.82, 2.24) is 4.98 Å². The summed E-state index contributed by atoms with van der Waals surface area (Å²) in [6.07, 6.45) is 3.65. The molecule has 0 amide bonds. The first-order valence-electron chi connectivity index (χ1n) is 6.30. The summed E-state index contributed by atoms with van der Waals surface area (Å²) in [5.41, 5.74) is 7.34. The van der Waals surface area contributed by atoms with Crippen LogP contribution in [-0.4, -0.2) is 11.6 Å². The van der Waals surface area contributed by atoms with Crippen LogP contribution in [0.5, 0.6) is 5.75 Å². The zero-order valence-electron chi connectivity index (χ0n) is 10.8. The van der Waals surface area contributed by atoms with Crippen molar-refractivity contribution in [2.24, 2.45) is 5.73 Å². The summed E-state index contributed by atoms with van der Waals surface area (Å²) >= 11 is 0. The number of nitrogens with two attached hydrogens (primary N) is 1. The number of rotatable bonds is 5. The Kier molecular flexibility index (Phi) is 4.47. The molecule has 1 atom stereocenters. The van der Waals surface area contributed by atoms with E-state index in [1.165, 1.54) is 12.4 Å². The van der Waals surface area contributed by atoms with Gasteiger partial charge in [0.05, 0.1) is 18.8 Å². The largest absolute Gasteiger partial charge is 0.494 e. The minimum Gasteiger partial charge on any atom is -0.494 e. The van der Waals surface area contributed by atoms with E-state index < -0.39 is 11.9 Å². The topological polar surface area (TPSA) is 48.1 Å². The molecule has 1 aromatic carbocycles. The Hall–Kier alpha value is -1.94. The second kappa shape index (κ2) is 6.29. The average molecular weight is 260 g/mol. The molecular formula is C15H17FN2O. The molecule has 0 fully saturated rings. The lowest BCUT2D eigenvalue weighted by molar-refractivity contribution is 0.317. The molecule has 0 saturated carbocycles. The van der Waals surface area contributed by atoms with Crippen molar-refractivity contribution in [1.29, 1.82) is 0 Å². The van der Waals surface area contributed by atoms with E-state index in [0.717, 1.165) is 17.7 Å². The highest BCUT2D eigenvalue weighted by atomic mass is 19.1. The van der Waals surface area contributed by atoms with E-state index in [-0.39, 0.29) is 0 Å². The third-order valence-corrected chi connectivity index (χ3v) is 2.83. The van der Waals surface area contributed by atoms with Crippen molar-refractivity contribution in [2.45, 2.75) is 19.4 Å². The lowest BCUT2D eigenvalue weighted by Gasteiger charge is -2.14. The maximum Gasteiger partial charge on any atom is 0.146 e. The minimum absolute atomic E-state index is 0.394. The van der Waals surface area contributed by atoms with Gasteiger partial charge in [0.25, 0.3) is 0 Å². The van der Waals surface area contributed by atoms with Crippen molar-refractivity contribution < 1.29 is 9.13 Å². The molecule has 3 nitrogen and oxygen atoms in total. The predicted molar refractivity (Wildman–Crippen MR) is 72.5 cm³/mol. The molecule has 2 aromatic rings. The van der Waals surface area contributed by atoms with Crippen LogP contribution in [0.4, 0.5) is 4.39 Å². The zero-order valence-corrected chi connectivity index (χ0v) is 10.8. The van der Waals surface area contributed by atoms with Gasteiger partial charge in [-0.05, 0) is 30.2 Å². The summed E-state index contributed by atoms with van der Waals surface area (Å²) in [5, 5.41) is 0. The van der Waals surface area contributed by atoms with E-state index in [4.69, 9.17) is 10.5 Å². The summed E-state index contributed by atoms with van der Waals surface area (Å²) in [7, 11) is 0. The first kappa shape index (κ1) is 13.5. The fourth-order valence-corrected chi connectivity index (χ4v) is 1.84. The second-order valence-electron chi connectivity index (χ2n) is 4.30. The molecule has 4 heteroatoms. The summed E-state index contributed by atoms with van der Waals surface area (Å²) < 4.78 is 19.2. The predicted octanol–water partition coefficient (Wildman–Crippen LogP) is 3.06. The first-order chi connectivity index (χ1) is 9.22. The maximum absolute atomic E-state index is 13.7. The number of pyridine rings is 1. The zero-order chi connectivity index (χ0) is 13.7. The standard InChI is InChI=1S/C15H17FN2O/c1-2-8-19-12-5-3-4-11(9-12)15(17)13-6-7-18-10-14(13)16/h3-7,9-10,15H,2,8,17H2,1H3. The van der Waals surface area contributed by atoms with Crippen molar-refractivity contribution >= 4 is 0 Å². The molecule has 1 heterocycles. The second-order valence-corrected chi connectivity index (χ2v) is 4.30. The molecule has 1 unspecified atom stereocenters. The van der Waals surface area contributed by atoms with E-state index in [2.05, 4.69) is 4.98 Å². The number of nitrogens with zero attached hydrogens (tertiary/aromatic N) is 1. The lowest BCUT2D eigenvalue weighted by atomic mass is 10.00. The third-order valence-electron chi connectivity index (χ3n) is 2.83. The Bertz CT molecular complexity index is 545. The van der Waals surface area contributed by atoms with Crippen molar-refractivity contribution in [2.75, 3.05) is 6.61 Å². The van der Waals surface area contributed by atoms with Crippen LogP contribution in [-0.2, 0) is 0 Å². The van der Waals surface area contributed by atoms with Gasteiger partial charge in [0, 0.05) is 11.8 Å². The van der Waals surface area contributed by atoms with E-state index in [0.29, 0.717) is 12.2 Å². The highest BCUT2D eigenvalue weighted by Crippen LogP contribution is 2.24. The number of aromatic nitrogens is 1. The number of benzene rings is 1. The molecule has 19 heavy (non-hydrogen) atoms. The van der Waals surface area contributed by atoms with Gasteiger partial charge in [-0.25, -0.2) is 4.39 Å². The van der Waals surface area contributed by atoms with Gasteiger partial charge >= 0.3 is 0 Å². The van der Waals surface area contributed by atoms with Crippen molar-refractivity contribution in [3.8, 4) is 5.75 Å². The van der Waals surface area contributed by atoms with Crippen LogP contribution in [0.2, 0.25) is 0 Å². The minimum atomic E-state index is -0.520. The van der Waals surface area contributed by atoms with E-state index >= 15 is 0 Å². The van der Waals surface area contributed by atoms with Gasteiger partial charge < -0.3 is 10.5 Å². The highest BCUT2D eigenvalue weighted by molar-refractivity contribution is 5.36. The Morgan fingerprint density at radius 1 is 1.37 bits per heavy atom. The molecule has 0 aliphatic rings. The Labute approximate surface area is 112 Å². The molecule has 0 bridgehead atoms. The number of hydrogen-bond donors (Lipinski definition) is 1. The van der Waals surface area contributed by atoms with Gasteiger partial charge in [-0.1, -0.05) is 19.1 Å². The van der Waals surface area contributed by atoms with Gasteiger partial charge in [-0.2, -0.15) is 0 Å². The van der Waals surface area contributed by atoms with Crippen LogP contribution in [0, 0.1) is 5.82 Å². The van der Waals surface area contributed by atoms with Crippen LogP contribution < -0.4 is 10.5 Å². The van der Waals surface area contributed by atoms with Crippen LogP contribution in [0.1, 0.15) is 30.5 Å². The van der Waals surface area contributed by atoms with Crippen molar-refractivity contribution in [3.63, 3.8) is 0 Å². The van der Waals surface area contributed by atoms with Crippen LogP contribution in [0.25, 0.3) is 0 Å². The quantitative estimate of drug-likeness (QED) is 0.898. The molecule has 1 aromatic heterocycles. The molecule has 2 N–H and O–H groups in total. The maximum atomic E-state index is 13.7. The summed E-state index contributed by atoms with van der Waals surface area (Å²) in [6, 6.07) is 8.52. The average Bonchev–Trinajstić information content (AvgIpc) is 2.45. The third kappa shape index (κ3) is 3.29. The Morgan fingerprint density at radius 2 is 2.21 bits per heavy atom. The van der Waals surface area contributed by atoms with Gasteiger partial charge in [0.1, 0.15) is 11.6 Å². The SMILES string of the molecule is CCCOc1cccc(C(N)c2ccncc2F)c1.